The van der Waals surface area contributed by atoms with Gasteiger partial charge in [0.1, 0.15) is 5.82 Å². The fourth-order valence-corrected chi connectivity index (χ4v) is 3.65. The van der Waals surface area contributed by atoms with Gasteiger partial charge in [0.2, 0.25) is 11.8 Å². The van der Waals surface area contributed by atoms with Gasteiger partial charge in [-0.1, -0.05) is 19.3 Å². The van der Waals surface area contributed by atoms with Crippen LogP contribution in [0.1, 0.15) is 44.9 Å². The van der Waals surface area contributed by atoms with Crippen LogP contribution < -0.4 is 10.6 Å². The second kappa shape index (κ2) is 5.13. The number of nitrogens with two attached hydrogens (primary N) is 1. The highest BCUT2D eigenvalue weighted by Crippen LogP contribution is 2.46. The molecule has 5 heteroatoms. The van der Waals surface area contributed by atoms with Crippen molar-refractivity contribution in [2.45, 2.75) is 44.9 Å². The Bertz CT molecular complexity index is 574. The van der Waals surface area contributed by atoms with Crippen molar-refractivity contribution in [1.29, 1.82) is 0 Å². The molecule has 0 unspecified atom stereocenters. The summed E-state index contributed by atoms with van der Waals surface area (Å²) in [4.78, 5) is 26.1. The lowest BCUT2D eigenvalue weighted by atomic mass is 9.67. The van der Waals surface area contributed by atoms with E-state index in [1.165, 1.54) is 18.6 Å². The lowest BCUT2D eigenvalue weighted by Crippen LogP contribution is -2.49. The molecule has 1 aliphatic heterocycles. The highest BCUT2D eigenvalue weighted by atomic mass is 19.1. The van der Waals surface area contributed by atoms with Crippen LogP contribution in [0, 0.1) is 11.2 Å². The number of hydrogen-bond acceptors (Lipinski definition) is 3. The molecule has 1 saturated heterocycles. The predicted molar refractivity (Wildman–Crippen MR) is 78.1 cm³/mol. The first kappa shape index (κ1) is 14.0. The van der Waals surface area contributed by atoms with Crippen LogP contribution in [0.2, 0.25) is 0 Å². The fourth-order valence-electron chi connectivity index (χ4n) is 3.65. The van der Waals surface area contributed by atoms with Crippen molar-refractivity contribution in [3.8, 4) is 0 Å². The van der Waals surface area contributed by atoms with E-state index in [2.05, 4.69) is 0 Å². The number of nitrogen functional groups attached to an aromatic ring is 1. The van der Waals surface area contributed by atoms with E-state index in [9.17, 15) is 14.0 Å². The highest BCUT2D eigenvalue weighted by molar-refractivity contribution is 6.18. The molecule has 1 aromatic rings. The first-order valence-corrected chi connectivity index (χ1v) is 7.42. The quantitative estimate of drug-likeness (QED) is 0.638. The van der Waals surface area contributed by atoms with E-state index >= 15 is 0 Å². The van der Waals surface area contributed by atoms with Crippen LogP contribution in [0.4, 0.5) is 15.8 Å². The van der Waals surface area contributed by atoms with E-state index in [-0.39, 0.29) is 22.9 Å². The summed E-state index contributed by atoms with van der Waals surface area (Å²) in [5.41, 5.74) is 6.03. The molecule has 0 bridgehead atoms. The Morgan fingerprint density at radius 2 is 1.67 bits per heavy atom. The van der Waals surface area contributed by atoms with Crippen molar-refractivity contribution < 1.29 is 14.0 Å². The molecule has 1 spiro atoms. The van der Waals surface area contributed by atoms with Gasteiger partial charge >= 0.3 is 0 Å². The second-order valence-corrected chi connectivity index (χ2v) is 6.24. The highest BCUT2D eigenvalue weighted by Gasteiger charge is 2.44. The van der Waals surface area contributed by atoms with Crippen LogP contribution in [0.5, 0.6) is 0 Å². The molecule has 1 aliphatic carbocycles. The molecular weight excluding hydrogens is 271 g/mol. The molecule has 1 aromatic carbocycles. The minimum absolute atomic E-state index is 0.122. The summed E-state index contributed by atoms with van der Waals surface area (Å²) in [5.74, 6) is -0.908. The van der Waals surface area contributed by atoms with Gasteiger partial charge in [0.05, 0.1) is 11.4 Å². The molecular formula is C16H19FN2O2. The van der Waals surface area contributed by atoms with Gasteiger partial charge in [0.25, 0.3) is 0 Å². The molecule has 21 heavy (non-hydrogen) atoms. The second-order valence-electron chi connectivity index (χ2n) is 6.24. The van der Waals surface area contributed by atoms with Gasteiger partial charge in [-0.05, 0) is 36.5 Å². The van der Waals surface area contributed by atoms with Gasteiger partial charge in [-0.15, -0.1) is 0 Å². The molecule has 2 fully saturated rings. The zero-order valence-electron chi connectivity index (χ0n) is 11.9. The average molecular weight is 290 g/mol. The summed E-state index contributed by atoms with van der Waals surface area (Å²) in [6.45, 7) is 0. The van der Waals surface area contributed by atoms with E-state index in [4.69, 9.17) is 5.73 Å². The van der Waals surface area contributed by atoms with Crippen molar-refractivity contribution >= 4 is 23.2 Å². The third-order valence-corrected chi connectivity index (χ3v) is 4.70. The van der Waals surface area contributed by atoms with Gasteiger partial charge in [0.15, 0.2) is 0 Å². The molecule has 0 aromatic heterocycles. The fraction of sp³-hybridized carbons (Fsp3) is 0.500. The third-order valence-electron chi connectivity index (χ3n) is 4.70. The van der Waals surface area contributed by atoms with Gasteiger partial charge < -0.3 is 5.73 Å². The summed E-state index contributed by atoms with van der Waals surface area (Å²) < 4.78 is 13.1. The number of benzene rings is 1. The number of carbonyl (C=O) groups excluding carboxylic acids is 2. The number of nitrogens with zero attached hydrogens (tertiary/aromatic N) is 1. The summed E-state index contributed by atoms with van der Waals surface area (Å²) in [7, 11) is 0. The predicted octanol–water partition coefficient (Wildman–Crippen LogP) is 3.01. The zero-order chi connectivity index (χ0) is 15.0. The van der Waals surface area contributed by atoms with Crippen molar-refractivity contribution in [2.24, 2.45) is 5.41 Å². The summed E-state index contributed by atoms with van der Waals surface area (Å²) in [6.07, 6.45) is 6.00. The number of amides is 2. The summed E-state index contributed by atoms with van der Waals surface area (Å²) in [5, 5.41) is 0. The molecule has 0 radical (unpaired) electrons. The molecule has 112 valence electrons. The maximum atomic E-state index is 13.1. The van der Waals surface area contributed by atoms with Crippen molar-refractivity contribution in [3.63, 3.8) is 0 Å². The molecule has 0 atom stereocenters. The molecule has 3 rings (SSSR count). The molecule has 2 N–H and O–H groups in total. The van der Waals surface area contributed by atoms with Crippen LogP contribution in [0.25, 0.3) is 0 Å². The standard InChI is InChI=1S/C16H19FN2O2/c17-11-4-5-13(12(18)8-11)19-14(20)9-16(10-15(19)21)6-2-1-3-7-16/h4-5,8H,1-3,6-7,9-10,18H2. The molecule has 1 heterocycles. The normalized spacial score (nSPS) is 21.9. The molecule has 2 amide bonds. The monoisotopic (exact) mass is 290 g/mol. The number of hydrogen-bond donors (Lipinski definition) is 1. The zero-order valence-corrected chi connectivity index (χ0v) is 11.9. The largest absolute Gasteiger partial charge is 0.397 e. The molecule has 2 aliphatic rings. The van der Waals surface area contributed by atoms with Crippen LogP contribution in [0.3, 0.4) is 0 Å². The Morgan fingerprint density at radius 1 is 1.05 bits per heavy atom. The number of rotatable bonds is 1. The van der Waals surface area contributed by atoms with Gasteiger partial charge in [-0.2, -0.15) is 0 Å². The number of imide groups is 1. The molecule has 1 saturated carbocycles. The third kappa shape index (κ3) is 2.52. The first-order chi connectivity index (χ1) is 10.0. The van der Waals surface area contributed by atoms with Crippen LogP contribution in [-0.4, -0.2) is 11.8 Å². The Kier molecular flexibility index (Phi) is 3.43. The lowest BCUT2D eigenvalue weighted by molar-refractivity contribution is -0.134. The van der Waals surface area contributed by atoms with E-state index in [0.717, 1.165) is 36.6 Å². The Balaban J connectivity index is 1.88. The number of anilines is 2. The van der Waals surface area contributed by atoms with Crippen molar-refractivity contribution in [1.82, 2.24) is 0 Å². The van der Waals surface area contributed by atoms with Gasteiger partial charge in [0, 0.05) is 12.8 Å². The maximum absolute atomic E-state index is 13.1. The summed E-state index contributed by atoms with van der Waals surface area (Å²) in [6, 6.07) is 3.76. The van der Waals surface area contributed by atoms with Crippen molar-refractivity contribution in [2.75, 3.05) is 10.6 Å². The summed E-state index contributed by atoms with van der Waals surface area (Å²) >= 11 is 0. The van der Waals surface area contributed by atoms with Crippen molar-refractivity contribution in [3.05, 3.63) is 24.0 Å². The van der Waals surface area contributed by atoms with E-state index in [1.807, 2.05) is 0 Å². The topological polar surface area (TPSA) is 63.4 Å². The molecule has 4 nitrogen and oxygen atoms in total. The van der Waals surface area contributed by atoms with E-state index < -0.39 is 5.82 Å². The van der Waals surface area contributed by atoms with Crippen LogP contribution in [-0.2, 0) is 9.59 Å². The minimum Gasteiger partial charge on any atom is -0.397 e. The average Bonchev–Trinajstić information content (AvgIpc) is 2.41. The first-order valence-electron chi connectivity index (χ1n) is 7.42. The van der Waals surface area contributed by atoms with Gasteiger partial charge in [-0.3, -0.25) is 9.59 Å². The minimum atomic E-state index is -0.475. The van der Waals surface area contributed by atoms with E-state index in [0.29, 0.717) is 18.5 Å². The number of halogens is 1. The Labute approximate surface area is 123 Å². The lowest BCUT2D eigenvalue weighted by Gasteiger charge is -2.42. The number of piperidine rings is 1. The smallest absolute Gasteiger partial charge is 0.234 e. The number of carbonyl (C=O) groups is 2. The Hall–Kier alpha value is -1.91. The van der Waals surface area contributed by atoms with Gasteiger partial charge in [-0.25, -0.2) is 9.29 Å². The maximum Gasteiger partial charge on any atom is 0.234 e. The van der Waals surface area contributed by atoms with E-state index in [1.54, 1.807) is 0 Å². The Morgan fingerprint density at radius 3 is 2.24 bits per heavy atom. The van der Waals surface area contributed by atoms with Crippen LogP contribution in [0.15, 0.2) is 18.2 Å². The van der Waals surface area contributed by atoms with Crippen LogP contribution >= 0.6 is 0 Å². The SMILES string of the molecule is Nc1cc(F)ccc1N1C(=O)CC2(CCCCC2)CC1=O.